The van der Waals surface area contributed by atoms with Crippen molar-refractivity contribution in [3.8, 4) is 45.8 Å². The highest BCUT2D eigenvalue weighted by Crippen LogP contribution is 2.44. The van der Waals surface area contributed by atoms with E-state index in [9.17, 15) is 50.8 Å². The van der Waals surface area contributed by atoms with Crippen LogP contribution in [0.3, 0.4) is 0 Å². The van der Waals surface area contributed by atoms with Gasteiger partial charge in [-0.15, -0.1) is 0 Å². The molecule has 2 saturated heterocycles. The standard InChI is InChI=1S/C27H30O16/c1-8-17(31)21(35)23(37)27(40-8)41-10-5-11(28)16-14(6-10)42-24(25(38-2)20(16)34)9-3-12(29)18(32)15(4-9)43-26-22(36)19(33)13(30)7-39-26/h3-6,8,13,17,19,21-23,26-33,35-37H,7H2,1-2H3. The van der Waals surface area contributed by atoms with Crippen LogP contribution >= 0.6 is 0 Å². The molecule has 43 heavy (non-hydrogen) atoms. The molecule has 0 bridgehead atoms. The molecule has 5 rings (SSSR count). The van der Waals surface area contributed by atoms with Gasteiger partial charge < -0.3 is 74.1 Å². The average molecular weight is 611 g/mol. The lowest BCUT2D eigenvalue weighted by atomic mass is 10.00. The maximum atomic E-state index is 13.4. The van der Waals surface area contributed by atoms with Crippen molar-refractivity contribution >= 4 is 11.0 Å². The van der Waals surface area contributed by atoms with Gasteiger partial charge >= 0.3 is 0 Å². The molecule has 0 saturated carbocycles. The molecular weight excluding hydrogens is 580 g/mol. The Kier molecular flexibility index (Phi) is 8.30. The third-order valence-corrected chi connectivity index (χ3v) is 7.19. The van der Waals surface area contributed by atoms with E-state index in [0.29, 0.717) is 0 Å². The molecule has 9 N–H and O–H groups in total. The Balaban J connectivity index is 1.55. The minimum atomic E-state index is -1.73. The van der Waals surface area contributed by atoms with E-state index < -0.39 is 96.1 Å². The Morgan fingerprint density at radius 1 is 0.814 bits per heavy atom. The molecule has 0 aliphatic carbocycles. The van der Waals surface area contributed by atoms with Crippen LogP contribution in [0.2, 0.25) is 0 Å². The van der Waals surface area contributed by atoms with Crippen LogP contribution in [0.15, 0.2) is 33.5 Å². The number of ether oxygens (including phenoxy) is 5. The number of phenols is 3. The van der Waals surface area contributed by atoms with Crippen LogP contribution in [-0.4, -0.2) is 115 Å². The van der Waals surface area contributed by atoms with Crippen molar-refractivity contribution in [1.29, 1.82) is 0 Å². The summed E-state index contributed by atoms with van der Waals surface area (Å²) in [6.07, 6.45) is -13.4. The monoisotopic (exact) mass is 610 g/mol. The van der Waals surface area contributed by atoms with Crippen molar-refractivity contribution in [3.63, 3.8) is 0 Å². The van der Waals surface area contributed by atoms with Gasteiger partial charge in [0, 0.05) is 17.7 Å². The quantitative estimate of drug-likeness (QED) is 0.146. The molecule has 3 heterocycles. The van der Waals surface area contributed by atoms with Gasteiger partial charge in [0.05, 0.1) is 19.8 Å². The van der Waals surface area contributed by atoms with Crippen LogP contribution in [0.25, 0.3) is 22.3 Å². The maximum absolute atomic E-state index is 13.4. The maximum Gasteiger partial charge on any atom is 0.239 e. The summed E-state index contributed by atoms with van der Waals surface area (Å²) in [5.74, 6) is -3.50. The Morgan fingerprint density at radius 3 is 2.21 bits per heavy atom. The van der Waals surface area contributed by atoms with Gasteiger partial charge in [-0.05, 0) is 19.1 Å². The van der Waals surface area contributed by atoms with Crippen molar-refractivity contribution < 1.29 is 74.1 Å². The zero-order valence-corrected chi connectivity index (χ0v) is 22.6. The molecule has 234 valence electrons. The van der Waals surface area contributed by atoms with E-state index in [1.807, 2.05) is 0 Å². The molecule has 9 atom stereocenters. The summed E-state index contributed by atoms with van der Waals surface area (Å²) in [4.78, 5) is 13.4. The number of aliphatic hydroxyl groups is 6. The minimum Gasteiger partial charge on any atom is -0.507 e. The van der Waals surface area contributed by atoms with E-state index in [-0.39, 0.29) is 28.0 Å². The first-order chi connectivity index (χ1) is 20.3. The summed E-state index contributed by atoms with van der Waals surface area (Å²) in [6.45, 7) is 1.04. The number of hydrogen-bond donors (Lipinski definition) is 9. The van der Waals surface area contributed by atoms with Crippen molar-refractivity contribution in [2.24, 2.45) is 0 Å². The highest BCUT2D eigenvalue weighted by atomic mass is 16.7. The molecule has 1 aromatic heterocycles. The molecule has 2 aliphatic heterocycles. The van der Waals surface area contributed by atoms with Crippen LogP contribution in [0.4, 0.5) is 0 Å². The van der Waals surface area contributed by atoms with Gasteiger partial charge in [-0.3, -0.25) is 4.79 Å². The molecule has 16 nitrogen and oxygen atoms in total. The molecule has 3 aromatic rings. The van der Waals surface area contributed by atoms with Crippen molar-refractivity contribution in [1.82, 2.24) is 0 Å². The molecule has 2 aromatic carbocycles. The van der Waals surface area contributed by atoms with Crippen molar-refractivity contribution in [2.45, 2.75) is 62.2 Å². The van der Waals surface area contributed by atoms with Crippen molar-refractivity contribution in [2.75, 3.05) is 13.7 Å². The zero-order valence-electron chi connectivity index (χ0n) is 22.6. The Hall–Kier alpha value is -3.87. The lowest BCUT2D eigenvalue weighted by Crippen LogP contribution is -2.58. The fraction of sp³-hybridized carbons (Fsp3) is 0.444. The van der Waals surface area contributed by atoms with Gasteiger partial charge in [0.25, 0.3) is 0 Å². The van der Waals surface area contributed by atoms with Crippen LogP contribution < -0.4 is 19.6 Å². The van der Waals surface area contributed by atoms with E-state index in [4.69, 9.17) is 28.1 Å². The second kappa shape index (κ2) is 11.7. The van der Waals surface area contributed by atoms with Gasteiger partial charge in [-0.1, -0.05) is 0 Å². The summed E-state index contributed by atoms with van der Waals surface area (Å²) in [5.41, 5.74) is -1.19. The first kappa shape index (κ1) is 30.6. The highest BCUT2D eigenvalue weighted by Gasteiger charge is 2.43. The van der Waals surface area contributed by atoms with Gasteiger partial charge in [0.15, 0.2) is 17.3 Å². The third kappa shape index (κ3) is 5.50. The molecule has 0 amide bonds. The Morgan fingerprint density at radius 2 is 1.51 bits per heavy atom. The second-order valence-corrected chi connectivity index (χ2v) is 10.1. The highest BCUT2D eigenvalue weighted by molar-refractivity contribution is 5.88. The van der Waals surface area contributed by atoms with Gasteiger partial charge in [-0.25, -0.2) is 0 Å². The number of rotatable bonds is 6. The molecule has 16 heteroatoms. The molecule has 9 unspecified atom stereocenters. The average Bonchev–Trinajstić information content (AvgIpc) is 2.96. The van der Waals surface area contributed by atoms with Gasteiger partial charge in [0.2, 0.25) is 29.5 Å². The first-order valence-electron chi connectivity index (χ1n) is 12.9. The zero-order chi connectivity index (χ0) is 31.3. The summed E-state index contributed by atoms with van der Waals surface area (Å²) in [7, 11) is 1.15. The topological polar surface area (TPSA) is 258 Å². The number of aromatic hydroxyl groups is 3. The largest absolute Gasteiger partial charge is 0.507 e. The fourth-order valence-corrected chi connectivity index (χ4v) is 4.77. The third-order valence-electron chi connectivity index (χ3n) is 7.19. The predicted octanol–water partition coefficient (Wildman–Crippen LogP) is -1.39. The van der Waals surface area contributed by atoms with E-state index in [2.05, 4.69) is 0 Å². The number of aliphatic hydroxyl groups excluding tert-OH is 6. The molecule has 0 spiro atoms. The fourth-order valence-electron chi connectivity index (χ4n) is 4.77. The number of benzene rings is 2. The molecule has 0 radical (unpaired) electrons. The predicted molar refractivity (Wildman–Crippen MR) is 141 cm³/mol. The van der Waals surface area contributed by atoms with Crippen molar-refractivity contribution in [3.05, 3.63) is 34.5 Å². The summed E-state index contributed by atoms with van der Waals surface area (Å²) in [6, 6.07) is 4.33. The normalized spacial score (nSPS) is 31.1. The number of methoxy groups -OCH3 is 1. The van der Waals surface area contributed by atoms with Crippen LogP contribution in [-0.2, 0) is 9.47 Å². The summed E-state index contributed by atoms with van der Waals surface area (Å²) < 4.78 is 32.8. The van der Waals surface area contributed by atoms with Crippen LogP contribution in [0, 0.1) is 0 Å². The second-order valence-electron chi connectivity index (χ2n) is 10.1. The minimum absolute atomic E-state index is 0.0881. The number of fused-ring (bicyclic) bond motifs is 1. The molecule has 2 fully saturated rings. The van der Waals surface area contributed by atoms with Gasteiger partial charge in [0.1, 0.15) is 59.1 Å². The van der Waals surface area contributed by atoms with Crippen LogP contribution in [0.1, 0.15) is 6.92 Å². The number of phenolic OH excluding ortho intramolecular Hbond substituents is 3. The van der Waals surface area contributed by atoms with Gasteiger partial charge in [-0.2, -0.15) is 0 Å². The number of hydrogen-bond acceptors (Lipinski definition) is 16. The first-order valence-corrected chi connectivity index (χ1v) is 12.9. The lowest BCUT2D eigenvalue weighted by Gasteiger charge is -2.38. The SMILES string of the molecule is COc1c(-c2cc(O)c(O)c(OC3OCC(O)C(O)C3O)c2)oc2cc(OC3OC(C)C(O)C(O)C3O)cc(O)c2c1=O. The lowest BCUT2D eigenvalue weighted by molar-refractivity contribution is -0.268. The van der Waals surface area contributed by atoms with Crippen LogP contribution in [0.5, 0.6) is 34.5 Å². The smallest absolute Gasteiger partial charge is 0.239 e. The Labute approximate surface area is 241 Å². The summed E-state index contributed by atoms with van der Waals surface area (Å²) in [5, 5.41) is 91.3. The molecular formula is C27H30O16. The van der Waals surface area contributed by atoms with E-state index in [0.717, 1.165) is 25.3 Å². The van der Waals surface area contributed by atoms with E-state index >= 15 is 0 Å². The Bertz CT molecular complexity index is 1550. The molecule has 2 aliphatic rings. The summed E-state index contributed by atoms with van der Waals surface area (Å²) >= 11 is 0. The van der Waals surface area contributed by atoms with E-state index in [1.165, 1.54) is 13.0 Å². The van der Waals surface area contributed by atoms with E-state index in [1.54, 1.807) is 0 Å².